The second kappa shape index (κ2) is 5.75. The monoisotopic (exact) mass is 222 g/mol. The van der Waals surface area contributed by atoms with Gasteiger partial charge in [-0.2, -0.15) is 0 Å². The first-order chi connectivity index (χ1) is 7.65. The van der Waals surface area contributed by atoms with Crippen molar-refractivity contribution in [2.24, 2.45) is 0 Å². The number of carboxylic acid groups (broad SMARTS) is 1. The van der Waals surface area contributed by atoms with Crippen LogP contribution in [0.4, 0.5) is 0 Å². The number of carbonyl (C=O) groups excluding carboxylic acids is 2. The summed E-state index contributed by atoms with van der Waals surface area (Å²) in [4.78, 5) is 21.8. The molecule has 1 amide bonds. The number of aliphatic carboxylic acids is 1. The molecule has 0 aliphatic carbocycles. The van der Waals surface area contributed by atoms with Crippen molar-refractivity contribution >= 4 is 11.9 Å². The number of hydrogen-bond donors (Lipinski definition) is 1. The summed E-state index contributed by atoms with van der Waals surface area (Å²) in [5, 5.41) is 12.6. The number of para-hydroxylation sites is 1. The Labute approximate surface area is 93.0 Å². The number of carboxylic acids is 1. The second-order valence-electron chi connectivity index (χ2n) is 3.08. The summed E-state index contributed by atoms with van der Waals surface area (Å²) in [5.41, 5.74) is 0.378. The maximum Gasteiger partial charge on any atom is 0.255 e. The van der Waals surface area contributed by atoms with Crippen LogP contribution in [0, 0.1) is 0 Å². The normalized spacial score (nSPS) is 9.56. The zero-order chi connectivity index (χ0) is 12.0. The molecule has 0 spiro atoms. The number of carbonyl (C=O) groups is 2. The van der Waals surface area contributed by atoms with Gasteiger partial charge in [0.15, 0.2) is 0 Å². The molecule has 0 atom stereocenters. The topological polar surface area (TPSA) is 78.5 Å². The van der Waals surface area contributed by atoms with Gasteiger partial charge >= 0.3 is 0 Å². The highest BCUT2D eigenvalue weighted by Crippen LogP contribution is 2.16. The number of amides is 1. The molecule has 0 saturated carbocycles. The molecular formula is C11H12NO4-. The molecule has 1 aromatic rings. The number of benzene rings is 1. The number of hydrogen-bond acceptors (Lipinski definition) is 4. The quantitative estimate of drug-likeness (QED) is 0.732. The van der Waals surface area contributed by atoms with E-state index in [4.69, 9.17) is 4.74 Å². The van der Waals surface area contributed by atoms with Crippen molar-refractivity contribution < 1.29 is 19.4 Å². The number of rotatable bonds is 5. The summed E-state index contributed by atoms with van der Waals surface area (Å²) >= 11 is 0. The molecule has 5 heteroatoms. The Morgan fingerprint density at radius 1 is 1.38 bits per heavy atom. The molecule has 0 bridgehead atoms. The van der Waals surface area contributed by atoms with Crippen molar-refractivity contribution in [1.82, 2.24) is 5.32 Å². The molecule has 5 nitrogen and oxygen atoms in total. The third-order valence-corrected chi connectivity index (χ3v) is 1.97. The van der Waals surface area contributed by atoms with E-state index >= 15 is 0 Å². The zero-order valence-electron chi connectivity index (χ0n) is 8.86. The Bertz CT molecular complexity index is 389. The minimum Gasteiger partial charge on any atom is -0.550 e. The van der Waals surface area contributed by atoms with Gasteiger partial charge in [-0.1, -0.05) is 12.1 Å². The maximum absolute atomic E-state index is 11.6. The predicted octanol–water partition coefficient (Wildman–Crippen LogP) is -0.435. The van der Waals surface area contributed by atoms with Gasteiger partial charge in [0, 0.05) is 18.9 Å². The summed E-state index contributed by atoms with van der Waals surface area (Å²) in [5.74, 6) is -1.10. The lowest BCUT2D eigenvalue weighted by Gasteiger charge is -2.09. The van der Waals surface area contributed by atoms with Crippen LogP contribution in [0.5, 0.6) is 5.75 Å². The van der Waals surface area contributed by atoms with Crippen molar-refractivity contribution in [3.8, 4) is 5.75 Å². The largest absolute Gasteiger partial charge is 0.550 e. The lowest BCUT2D eigenvalue weighted by molar-refractivity contribution is -0.305. The highest BCUT2D eigenvalue weighted by Gasteiger charge is 2.09. The van der Waals surface area contributed by atoms with E-state index in [2.05, 4.69) is 5.32 Å². The van der Waals surface area contributed by atoms with Crippen LogP contribution < -0.4 is 15.2 Å². The molecule has 0 fully saturated rings. The average molecular weight is 222 g/mol. The minimum atomic E-state index is -1.19. The summed E-state index contributed by atoms with van der Waals surface area (Å²) in [6, 6.07) is 6.72. The van der Waals surface area contributed by atoms with Crippen LogP contribution in [0.1, 0.15) is 16.8 Å². The zero-order valence-corrected chi connectivity index (χ0v) is 8.86. The van der Waals surface area contributed by atoms with E-state index in [1.165, 1.54) is 7.11 Å². The Hall–Kier alpha value is -2.04. The van der Waals surface area contributed by atoms with Crippen LogP contribution in [-0.4, -0.2) is 25.5 Å². The smallest absolute Gasteiger partial charge is 0.255 e. The van der Waals surface area contributed by atoms with Crippen molar-refractivity contribution in [3.05, 3.63) is 29.8 Å². The van der Waals surface area contributed by atoms with E-state index in [0.29, 0.717) is 11.3 Å². The fraction of sp³-hybridized carbons (Fsp3) is 0.273. The summed E-state index contributed by atoms with van der Waals surface area (Å²) in [6.45, 7) is 0.0409. The van der Waals surface area contributed by atoms with Gasteiger partial charge in [-0.3, -0.25) is 4.79 Å². The van der Waals surface area contributed by atoms with Gasteiger partial charge in [-0.05, 0) is 12.1 Å². The highest BCUT2D eigenvalue weighted by molar-refractivity contribution is 5.97. The molecule has 16 heavy (non-hydrogen) atoms. The van der Waals surface area contributed by atoms with Crippen LogP contribution >= 0.6 is 0 Å². The van der Waals surface area contributed by atoms with Crippen molar-refractivity contribution in [2.75, 3.05) is 13.7 Å². The molecule has 1 aromatic carbocycles. The van der Waals surface area contributed by atoms with E-state index in [-0.39, 0.29) is 18.9 Å². The Kier molecular flexibility index (Phi) is 4.32. The van der Waals surface area contributed by atoms with Crippen LogP contribution in [0.25, 0.3) is 0 Å². The van der Waals surface area contributed by atoms with Crippen LogP contribution in [0.3, 0.4) is 0 Å². The molecule has 0 aliphatic rings. The lowest BCUT2D eigenvalue weighted by atomic mass is 10.2. The predicted molar refractivity (Wildman–Crippen MR) is 55.0 cm³/mol. The van der Waals surface area contributed by atoms with Gasteiger partial charge in [0.05, 0.1) is 12.7 Å². The Balaban J connectivity index is 2.62. The lowest BCUT2D eigenvalue weighted by Crippen LogP contribution is -2.31. The van der Waals surface area contributed by atoms with Crippen molar-refractivity contribution in [3.63, 3.8) is 0 Å². The molecule has 0 saturated heterocycles. The standard InChI is InChI=1S/C11H13NO4/c1-16-9-5-3-2-4-8(9)11(15)12-7-6-10(13)14/h2-5H,6-7H2,1H3,(H,12,15)(H,13,14)/p-1. The molecule has 86 valence electrons. The molecule has 1 N–H and O–H groups in total. The van der Waals surface area contributed by atoms with Crippen LogP contribution in [0.15, 0.2) is 24.3 Å². The van der Waals surface area contributed by atoms with Crippen molar-refractivity contribution in [1.29, 1.82) is 0 Å². The van der Waals surface area contributed by atoms with Crippen LogP contribution in [-0.2, 0) is 4.79 Å². The molecular weight excluding hydrogens is 210 g/mol. The molecule has 0 aromatic heterocycles. The summed E-state index contributed by atoms with van der Waals surface area (Å²) in [7, 11) is 1.47. The Morgan fingerprint density at radius 3 is 2.69 bits per heavy atom. The first kappa shape index (κ1) is 12.0. The summed E-state index contributed by atoms with van der Waals surface area (Å²) in [6.07, 6.45) is -0.207. The first-order valence-electron chi connectivity index (χ1n) is 4.76. The fourth-order valence-corrected chi connectivity index (χ4v) is 1.21. The third-order valence-electron chi connectivity index (χ3n) is 1.97. The van der Waals surface area contributed by atoms with E-state index in [1.54, 1.807) is 24.3 Å². The van der Waals surface area contributed by atoms with Gasteiger partial charge in [0.1, 0.15) is 5.75 Å². The van der Waals surface area contributed by atoms with Gasteiger partial charge in [0.25, 0.3) is 5.91 Å². The number of nitrogens with one attached hydrogen (secondary N) is 1. The third kappa shape index (κ3) is 3.27. The average Bonchev–Trinajstić information content (AvgIpc) is 2.28. The fourth-order valence-electron chi connectivity index (χ4n) is 1.21. The van der Waals surface area contributed by atoms with Crippen molar-refractivity contribution in [2.45, 2.75) is 6.42 Å². The summed E-state index contributed by atoms with van der Waals surface area (Å²) < 4.78 is 5.00. The first-order valence-corrected chi connectivity index (χ1v) is 4.76. The van der Waals surface area contributed by atoms with E-state index in [0.717, 1.165) is 0 Å². The van der Waals surface area contributed by atoms with Gasteiger partial charge in [0.2, 0.25) is 0 Å². The molecule has 0 unspecified atom stereocenters. The second-order valence-corrected chi connectivity index (χ2v) is 3.08. The van der Waals surface area contributed by atoms with Gasteiger partial charge < -0.3 is 20.0 Å². The SMILES string of the molecule is COc1ccccc1C(=O)NCCC(=O)[O-]. The maximum atomic E-state index is 11.6. The van der Waals surface area contributed by atoms with Gasteiger partial charge in [-0.25, -0.2) is 0 Å². The van der Waals surface area contributed by atoms with E-state index in [1.807, 2.05) is 0 Å². The van der Waals surface area contributed by atoms with Crippen LogP contribution in [0.2, 0.25) is 0 Å². The molecule has 0 heterocycles. The Morgan fingerprint density at radius 2 is 2.06 bits per heavy atom. The highest BCUT2D eigenvalue weighted by atomic mass is 16.5. The van der Waals surface area contributed by atoms with E-state index in [9.17, 15) is 14.7 Å². The molecule has 0 radical (unpaired) electrons. The molecule has 1 rings (SSSR count). The van der Waals surface area contributed by atoms with Gasteiger partial charge in [-0.15, -0.1) is 0 Å². The molecule has 0 aliphatic heterocycles. The minimum absolute atomic E-state index is 0.0409. The van der Waals surface area contributed by atoms with E-state index < -0.39 is 5.97 Å². The number of methoxy groups -OCH3 is 1. The number of ether oxygens (including phenoxy) is 1.